The highest BCUT2D eigenvalue weighted by Crippen LogP contribution is 2.19. The molecule has 0 saturated carbocycles. The van der Waals surface area contributed by atoms with E-state index in [-0.39, 0.29) is 12.4 Å². The molecule has 0 spiro atoms. The number of halogens is 1. The molecule has 1 N–H and O–H groups in total. The lowest BCUT2D eigenvalue weighted by molar-refractivity contribution is 0.00349. The van der Waals surface area contributed by atoms with Crippen LogP contribution in [0.2, 0.25) is 0 Å². The van der Waals surface area contributed by atoms with Gasteiger partial charge in [0, 0.05) is 43.5 Å². The molecule has 2 rings (SSSR count). The maximum Gasteiger partial charge on any atom is 0.123 e. The zero-order chi connectivity index (χ0) is 14.9. The zero-order valence-corrected chi connectivity index (χ0v) is 13.2. The van der Waals surface area contributed by atoms with Crippen molar-refractivity contribution in [1.82, 2.24) is 4.90 Å². The van der Waals surface area contributed by atoms with Crippen molar-refractivity contribution in [3.8, 4) is 0 Å². The van der Waals surface area contributed by atoms with Crippen molar-refractivity contribution in [3.63, 3.8) is 0 Å². The van der Waals surface area contributed by atoms with Crippen molar-refractivity contribution in [1.29, 1.82) is 0 Å². The molecule has 0 aromatic heterocycles. The predicted octanol–water partition coefficient (Wildman–Crippen LogP) is 2.78. The number of ether oxygens (including phenoxy) is 1. The minimum atomic E-state index is -0.178. The number of rotatable bonds is 8. The number of likely N-dealkylation sites (tertiary alicyclic amines) is 1. The number of aliphatic hydroxyl groups excluding tert-OH is 1. The Kier molecular flexibility index (Phi) is 7.50. The number of piperidine rings is 1. The summed E-state index contributed by atoms with van der Waals surface area (Å²) in [5.41, 5.74) is 0. The van der Waals surface area contributed by atoms with Crippen LogP contribution in [0.25, 0.3) is 0 Å². The Bertz CT molecular complexity index is 394. The van der Waals surface area contributed by atoms with E-state index >= 15 is 0 Å². The van der Waals surface area contributed by atoms with Gasteiger partial charge in [-0.25, -0.2) is 4.39 Å². The maximum absolute atomic E-state index is 12.8. The van der Waals surface area contributed by atoms with Crippen molar-refractivity contribution in [2.45, 2.75) is 30.3 Å². The van der Waals surface area contributed by atoms with E-state index in [1.807, 2.05) is 12.1 Å². The minimum Gasteiger partial charge on any atom is -0.396 e. The summed E-state index contributed by atoms with van der Waals surface area (Å²) in [5.74, 6) is 0.851. The van der Waals surface area contributed by atoms with Gasteiger partial charge in [0.15, 0.2) is 0 Å². The topological polar surface area (TPSA) is 32.7 Å². The van der Waals surface area contributed by atoms with Gasteiger partial charge in [0.25, 0.3) is 0 Å². The molecule has 3 nitrogen and oxygen atoms in total. The third kappa shape index (κ3) is 6.34. The first-order valence-electron chi connectivity index (χ1n) is 7.61. The van der Waals surface area contributed by atoms with Crippen LogP contribution in [-0.4, -0.2) is 54.7 Å². The van der Waals surface area contributed by atoms with Crippen molar-refractivity contribution >= 4 is 11.8 Å². The lowest BCUT2D eigenvalue weighted by Crippen LogP contribution is -2.38. The molecule has 21 heavy (non-hydrogen) atoms. The number of benzene rings is 1. The zero-order valence-electron chi connectivity index (χ0n) is 12.3. The predicted molar refractivity (Wildman–Crippen MR) is 84.2 cm³/mol. The van der Waals surface area contributed by atoms with Gasteiger partial charge in [-0.05, 0) is 43.5 Å². The number of thioether (sulfide) groups is 1. The van der Waals surface area contributed by atoms with Crippen LogP contribution in [0.1, 0.15) is 19.3 Å². The van der Waals surface area contributed by atoms with E-state index < -0.39 is 0 Å². The molecule has 0 amide bonds. The first-order valence-corrected chi connectivity index (χ1v) is 8.59. The molecule has 1 aliphatic rings. The summed E-state index contributed by atoms with van der Waals surface area (Å²) in [4.78, 5) is 3.58. The molecule has 0 bridgehead atoms. The van der Waals surface area contributed by atoms with Crippen molar-refractivity contribution in [2.24, 2.45) is 0 Å². The molecule has 1 aromatic carbocycles. The van der Waals surface area contributed by atoms with Crippen molar-refractivity contribution in [3.05, 3.63) is 30.1 Å². The maximum atomic E-state index is 12.8. The molecule has 0 atom stereocenters. The molecular formula is C16H24FNO2S. The molecule has 0 unspecified atom stereocenters. The van der Waals surface area contributed by atoms with Crippen LogP contribution >= 0.6 is 11.8 Å². The summed E-state index contributed by atoms with van der Waals surface area (Å²) in [6.07, 6.45) is 3.24. The van der Waals surface area contributed by atoms with Crippen LogP contribution in [0.4, 0.5) is 4.39 Å². The molecular weight excluding hydrogens is 289 g/mol. The van der Waals surface area contributed by atoms with Gasteiger partial charge in [0.2, 0.25) is 0 Å². The smallest absolute Gasteiger partial charge is 0.123 e. The van der Waals surface area contributed by atoms with Gasteiger partial charge < -0.3 is 14.7 Å². The van der Waals surface area contributed by atoms with E-state index in [2.05, 4.69) is 4.90 Å². The van der Waals surface area contributed by atoms with Crippen LogP contribution in [0.5, 0.6) is 0 Å². The quantitative estimate of drug-likeness (QED) is 0.591. The van der Waals surface area contributed by atoms with Gasteiger partial charge in [-0.1, -0.05) is 0 Å². The largest absolute Gasteiger partial charge is 0.396 e. The minimum absolute atomic E-state index is 0.178. The SMILES string of the molecule is OCCCOC1CCN(CCSc2ccc(F)cc2)CC1. The number of nitrogens with zero attached hydrogens (tertiary/aromatic N) is 1. The normalized spacial score (nSPS) is 17.2. The number of hydrogen-bond donors (Lipinski definition) is 1. The first kappa shape index (κ1) is 16.7. The van der Waals surface area contributed by atoms with E-state index in [9.17, 15) is 4.39 Å². The average molecular weight is 313 g/mol. The molecule has 1 fully saturated rings. The second-order valence-electron chi connectivity index (χ2n) is 5.29. The second kappa shape index (κ2) is 9.41. The summed E-state index contributed by atoms with van der Waals surface area (Å²) in [7, 11) is 0. The number of hydrogen-bond acceptors (Lipinski definition) is 4. The van der Waals surface area contributed by atoms with Crippen LogP contribution in [-0.2, 0) is 4.74 Å². The highest BCUT2D eigenvalue weighted by Gasteiger charge is 2.18. The average Bonchev–Trinajstić information content (AvgIpc) is 2.51. The van der Waals surface area contributed by atoms with Gasteiger partial charge in [-0.3, -0.25) is 0 Å². The van der Waals surface area contributed by atoms with Gasteiger partial charge >= 0.3 is 0 Å². The highest BCUT2D eigenvalue weighted by molar-refractivity contribution is 7.99. The summed E-state index contributed by atoms with van der Waals surface area (Å²) in [6.45, 7) is 4.09. The molecule has 118 valence electrons. The fourth-order valence-corrected chi connectivity index (χ4v) is 3.35. The second-order valence-corrected chi connectivity index (χ2v) is 6.46. The van der Waals surface area contributed by atoms with E-state index in [0.717, 1.165) is 49.5 Å². The Labute approximate surface area is 130 Å². The van der Waals surface area contributed by atoms with Crippen LogP contribution in [0, 0.1) is 5.82 Å². The fourth-order valence-electron chi connectivity index (χ4n) is 2.44. The lowest BCUT2D eigenvalue weighted by Gasteiger charge is -2.31. The van der Waals surface area contributed by atoms with E-state index in [0.29, 0.717) is 12.7 Å². The van der Waals surface area contributed by atoms with Gasteiger partial charge in [-0.15, -0.1) is 11.8 Å². The van der Waals surface area contributed by atoms with Crippen LogP contribution in [0.15, 0.2) is 29.2 Å². The first-order chi connectivity index (χ1) is 10.3. The van der Waals surface area contributed by atoms with Gasteiger partial charge in [-0.2, -0.15) is 0 Å². The Morgan fingerprint density at radius 3 is 2.62 bits per heavy atom. The van der Waals surface area contributed by atoms with E-state index in [1.54, 1.807) is 11.8 Å². The Balaban J connectivity index is 1.57. The molecule has 1 aromatic rings. The standard InChI is InChI=1S/C16H24FNO2S/c17-14-2-4-16(5-3-14)21-13-10-18-8-6-15(7-9-18)20-12-1-11-19/h2-5,15,19H,1,6-13H2. The molecule has 1 saturated heterocycles. The third-order valence-electron chi connectivity index (χ3n) is 3.68. The lowest BCUT2D eigenvalue weighted by atomic mass is 10.1. The van der Waals surface area contributed by atoms with Gasteiger partial charge in [0.1, 0.15) is 5.82 Å². The molecule has 1 aliphatic heterocycles. The van der Waals surface area contributed by atoms with Crippen LogP contribution in [0.3, 0.4) is 0 Å². The van der Waals surface area contributed by atoms with Crippen molar-refractivity contribution < 1.29 is 14.2 Å². The Morgan fingerprint density at radius 1 is 1.24 bits per heavy atom. The third-order valence-corrected chi connectivity index (χ3v) is 4.67. The molecule has 0 radical (unpaired) electrons. The van der Waals surface area contributed by atoms with E-state index in [4.69, 9.17) is 9.84 Å². The summed E-state index contributed by atoms with van der Waals surface area (Å²) in [6, 6.07) is 6.69. The molecule has 5 heteroatoms. The molecule has 0 aliphatic carbocycles. The molecule has 1 heterocycles. The monoisotopic (exact) mass is 313 g/mol. The fraction of sp³-hybridized carbons (Fsp3) is 0.625. The van der Waals surface area contributed by atoms with Crippen LogP contribution < -0.4 is 0 Å². The van der Waals surface area contributed by atoms with Gasteiger partial charge in [0.05, 0.1) is 6.10 Å². The Hall–Kier alpha value is -0.620. The Morgan fingerprint density at radius 2 is 1.95 bits per heavy atom. The highest BCUT2D eigenvalue weighted by atomic mass is 32.2. The van der Waals surface area contributed by atoms with E-state index in [1.165, 1.54) is 12.1 Å². The van der Waals surface area contributed by atoms with Crippen molar-refractivity contribution in [2.75, 3.05) is 38.6 Å². The number of aliphatic hydroxyl groups is 1. The summed E-state index contributed by atoms with van der Waals surface area (Å²) in [5, 5.41) is 8.73. The summed E-state index contributed by atoms with van der Waals surface area (Å²) >= 11 is 1.77. The summed E-state index contributed by atoms with van der Waals surface area (Å²) < 4.78 is 18.5.